The second kappa shape index (κ2) is 5.72. The maximum absolute atomic E-state index is 6.14. The maximum Gasteiger partial charge on any atom is 0.0595 e. The van der Waals surface area contributed by atoms with Crippen molar-refractivity contribution in [3.63, 3.8) is 0 Å². The summed E-state index contributed by atoms with van der Waals surface area (Å²) in [5.74, 6) is 0. The van der Waals surface area contributed by atoms with Crippen LogP contribution < -0.4 is 5.73 Å². The molecule has 90 valence electrons. The zero-order valence-corrected chi connectivity index (χ0v) is 12.7. The summed E-state index contributed by atoms with van der Waals surface area (Å²) in [5, 5.41) is 3.18. The Morgan fingerprint density at radius 3 is 2.59 bits per heavy atom. The van der Waals surface area contributed by atoms with Crippen LogP contribution in [0.4, 0.5) is 0 Å². The van der Waals surface area contributed by atoms with Gasteiger partial charge in [0.15, 0.2) is 0 Å². The Labute approximate surface area is 123 Å². The highest BCUT2D eigenvalue weighted by atomic mass is 79.9. The largest absolute Gasteiger partial charge is 0.323 e. The van der Waals surface area contributed by atoms with Gasteiger partial charge in [-0.15, -0.1) is 11.3 Å². The number of hydrogen-bond acceptors (Lipinski definition) is 2. The van der Waals surface area contributed by atoms with E-state index in [0.717, 1.165) is 21.3 Å². The van der Waals surface area contributed by atoms with Crippen LogP contribution in [0.3, 0.4) is 0 Å². The van der Waals surface area contributed by atoms with Crippen LogP contribution in [0.25, 0.3) is 0 Å². The first-order chi connectivity index (χ1) is 8.06. The lowest BCUT2D eigenvalue weighted by Crippen LogP contribution is -2.11. The van der Waals surface area contributed by atoms with E-state index in [1.807, 2.05) is 23.6 Å². The van der Waals surface area contributed by atoms with Gasteiger partial charge in [-0.05, 0) is 46.1 Å². The van der Waals surface area contributed by atoms with Crippen molar-refractivity contribution in [2.45, 2.75) is 12.5 Å². The fourth-order valence-electron chi connectivity index (χ4n) is 1.54. The lowest BCUT2D eigenvalue weighted by molar-refractivity contribution is 0.736. The molecule has 2 rings (SSSR count). The minimum atomic E-state index is -0.0106. The zero-order chi connectivity index (χ0) is 12.4. The predicted molar refractivity (Wildman–Crippen MR) is 79.1 cm³/mol. The molecule has 5 heteroatoms. The van der Waals surface area contributed by atoms with Crippen molar-refractivity contribution in [1.82, 2.24) is 0 Å². The highest BCUT2D eigenvalue weighted by Gasteiger charge is 2.10. The molecule has 1 heterocycles. The van der Waals surface area contributed by atoms with Crippen LogP contribution in [-0.4, -0.2) is 0 Å². The van der Waals surface area contributed by atoms with Crippen molar-refractivity contribution < 1.29 is 0 Å². The summed E-state index contributed by atoms with van der Waals surface area (Å²) >= 11 is 16.9. The summed E-state index contributed by atoms with van der Waals surface area (Å²) in [6.07, 6.45) is 0.754. The summed E-state index contributed by atoms with van der Waals surface area (Å²) in [6, 6.07) is 7.66. The fraction of sp³-hybridized carbons (Fsp3) is 0.167. The third-order valence-corrected chi connectivity index (χ3v) is 4.96. The van der Waals surface area contributed by atoms with Gasteiger partial charge in [0.25, 0.3) is 0 Å². The second-order valence-electron chi connectivity index (χ2n) is 3.73. The number of hydrogen-bond donors (Lipinski definition) is 1. The molecule has 17 heavy (non-hydrogen) atoms. The molecule has 1 nitrogen and oxygen atoms in total. The van der Waals surface area contributed by atoms with Gasteiger partial charge in [0.2, 0.25) is 0 Å². The van der Waals surface area contributed by atoms with Gasteiger partial charge in [-0.25, -0.2) is 0 Å². The molecule has 0 amide bonds. The Balaban J connectivity index is 2.12. The van der Waals surface area contributed by atoms with E-state index in [-0.39, 0.29) is 6.04 Å². The first-order valence-corrected chi connectivity index (χ1v) is 7.42. The van der Waals surface area contributed by atoms with Gasteiger partial charge in [-0.3, -0.25) is 0 Å². The third-order valence-electron chi connectivity index (χ3n) is 2.39. The number of nitrogens with two attached hydrogens (primary N) is 1. The van der Waals surface area contributed by atoms with E-state index < -0.39 is 0 Å². The van der Waals surface area contributed by atoms with E-state index in [4.69, 9.17) is 28.9 Å². The zero-order valence-electron chi connectivity index (χ0n) is 8.79. The summed E-state index contributed by atoms with van der Waals surface area (Å²) in [4.78, 5) is 1.16. The highest BCUT2D eigenvalue weighted by Crippen LogP contribution is 2.28. The standard InChI is InChI=1S/C12H10BrCl2NS/c13-8-5-12(17-6-8)11(16)4-7-1-2-9(14)10(15)3-7/h1-3,5-6,11H,4,16H2. The van der Waals surface area contributed by atoms with Gasteiger partial charge < -0.3 is 5.73 Å². The quantitative estimate of drug-likeness (QED) is 0.822. The van der Waals surface area contributed by atoms with Crippen molar-refractivity contribution in [2.24, 2.45) is 5.73 Å². The van der Waals surface area contributed by atoms with E-state index in [9.17, 15) is 0 Å². The van der Waals surface area contributed by atoms with Crippen molar-refractivity contribution in [1.29, 1.82) is 0 Å². The second-order valence-corrected chi connectivity index (χ2v) is 6.40. The number of thiophene rings is 1. The minimum absolute atomic E-state index is 0.0106. The SMILES string of the molecule is NC(Cc1ccc(Cl)c(Cl)c1)c1cc(Br)cs1. The molecule has 0 aliphatic rings. The lowest BCUT2D eigenvalue weighted by Gasteiger charge is -2.10. The smallest absolute Gasteiger partial charge is 0.0595 e. The molecule has 0 saturated carbocycles. The average molecular weight is 351 g/mol. The summed E-state index contributed by atoms with van der Waals surface area (Å²) < 4.78 is 1.07. The van der Waals surface area contributed by atoms with Crippen molar-refractivity contribution in [3.05, 3.63) is 54.6 Å². The molecule has 1 aromatic carbocycles. The van der Waals surface area contributed by atoms with Gasteiger partial charge in [0.05, 0.1) is 10.0 Å². The molecule has 0 saturated heterocycles. The van der Waals surface area contributed by atoms with E-state index in [1.54, 1.807) is 17.4 Å². The molecule has 1 unspecified atom stereocenters. The molecular formula is C12H10BrCl2NS. The van der Waals surface area contributed by atoms with Crippen molar-refractivity contribution in [3.8, 4) is 0 Å². The number of rotatable bonds is 3. The first-order valence-electron chi connectivity index (χ1n) is 4.99. The normalized spacial score (nSPS) is 12.7. The van der Waals surface area contributed by atoms with Crippen LogP contribution >= 0.6 is 50.5 Å². The molecule has 0 bridgehead atoms. The predicted octanol–water partition coefficient (Wildman–Crippen LogP) is 5.06. The maximum atomic E-state index is 6.14. The highest BCUT2D eigenvalue weighted by molar-refractivity contribution is 9.10. The van der Waals surface area contributed by atoms with E-state index in [0.29, 0.717) is 10.0 Å². The monoisotopic (exact) mass is 349 g/mol. The number of halogens is 3. The molecule has 0 fully saturated rings. The minimum Gasteiger partial charge on any atom is -0.323 e. The van der Waals surface area contributed by atoms with E-state index in [1.165, 1.54) is 0 Å². The van der Waals surface area contributed by atoms with Crippen molar-refractivity contribution >= 4 is 50.5 Å². The Morgan fingerprint density at radius 1 is 1.24 bits per heavy atom. The topological polar surface area (TPSA) is 26.0 Å². The van der Waals surface area contributed by atoms with Crippen molar-refractivity contribution in [2.75, 3.05) is 0 Å². The summed E-state index contributed by atoms with van der Waals surface area (Å²) in [7, 11) is 0. The third kappa shape index (κ3) is 3.46. The van der Waals surface area contributed by atoms with Gasteiger partial charge in [-0.1, -0.05) is 29.3 Å². The summed E-state index contributed by atoms with van der Waals surface area (Å²) in [5.41, 5.74) is 7.24. The van der Waals surface area contributed by atoms with Crippen LogP contribution in [0.15, 0.2) is 34.1 Å². The Kier molecular flexibility index (Phi) is 4.50. The molecule has 1 atom stereocenters. The Hall–Kier alpha value is -0.0600. The Bertz CT molecular complexity index is 527. The van der Waals surface area contributed by atoms with Crippen LogP contribution in [0.1, 0.15) is 16.5 Å². The van der Waals surface area contributed by atoms with Crippen LogP contribution in [-0.2, 0) is 6.42 Å². The van der Waals surface area contributed by atoms with Crippen LogP contribution in [0, 0.1) is 0 Å². The van der Waals surface area contributed by atoms with Crippen LogP contribution in [0.2, 0.25) is 10.0 Å². The molecule has 0 aliphatic heterocycles. The van der Waals surface area contributed by atoms with Gasteiger partial charge in [0, 0.05) is 20.8 Å². The molecule has 0 spiro atoms. The average Bonchev–Trinajstić information content (AvgIpc) is 2.70. The van der Waals surface area contributed by atoms with Gasteiger partial charge >= 0.3 is 0 Å². The van der Waals surface area contributed by atoms with E-state index in [2.05, 4.69) is 15.9 Å². The fourth-order valence-corrected chi connectivity index (χ4v) is 3.31. The summed E-state index contributed by atoms with van der Waals surface area (Å²) in [6.45, 7) is 0. The molecule has 1 aromatic heterocycles. The molecular weight excluding hydrogens is 341 g/mol. The van der Waals surface area contributed by atoms with E-state index >= 15 is 0 Å². The molecule has 2 aromatic rings. The van der Waals surface area contributed by atoms with Gasteiger partial charge in [-0.2, -0.15) is 0 Å². The van der Waals surface area contributed by atoms with Gasteiger partial charge in [0.1, 0.15) is 0 Å². The molecule has 0 radical (unpaired) electrons. The Morgan fingerprint density at radius 2 is 2.00 bits per heavy atom. The molecule has 0 aliphatic carbocycles. The first kappa shape index (κ1) is 13.4. The van der Waals surface area contributed by atoms with Crippen LogP contribution in [0.5, 0.6) is 0 Å². The lowest BCUT2D eigenvalue weighted by atomic mass is 10.1. The molecule has 2 N–H and O–H groups in total. The number of benzene rings is 1.